The van der Waals surface area contributed by atoms with E-state index in [1.54, 1.807) is 10.6 Å². The van der Waals surface area contributed by atoms with Crippen molar-refractivity contribution in [2.45, 2.75) is 6.54 Å². The SMILES string of the molecule is O=C(O)c1cc2ccccc2n1Cc1ncon1. The standard InChI is InChI=1S/C12H9N3O3/c16-12(17)10-5-8-3-1-2-4-9(8)15(10)6-11-13-7-18-14-11/h1-5,7H,6H2,(H,16,17). The Morgan fingerprint density at radius 3 is 2.94 bits per heavy atom. The summed E-state index contributed by atoms with van der Waals surface area (Å²) >= 11 is 0. The number of nitrogens with zero attached hydrogens (tertiary/aromatic N) is 3. The molecular formula is C12H9N3O3. The molecule has 1 N–H and O–H groups in total. The third kappa shape index (κ3) is 1.64. The first-order chi connectivity index (χ1) is 8.75. The smallest absolute Gasteiger partial charge is 0.352 e. The quantitative estimate of drug-likeness (QED) is 0.758. The van der Waals surface area contributed by atoms with Crippen LogP contribution in [-0.4, -0.2) is 25.8 Å². The highest BCUT2D eigenvalue weighted by atomic mass is 16.5. The van der Waals surface area contributed by atoms with Gasteiger partial charge in [-0.15, -0.1) is 0 Å². The molecule has 3 aromatic rings. The van der Waals surface area contributed by atoms with Gasteiger partial charge in [-0.3, -0.25) is 0 Å². The summed E-state index contributed by atoms with van der Waals surface area (Å²) in [6.45, 7) is 0.269. The number of carboxylic acids is 1. The van der Waals surface area contributed by atoms with Crippen molar-refractivity contribution in [1.82, 2.24) is 14.7 Å². The molecule has 0 atom stereocenters. The van der Waals surface area contributed by atoms with Crippen LogP contribution in [0.1, 0.15) is 16.3 Å². The van der Waals surface area contributed by atoms with Crippen LogP contribution in [-0.2, 0) is 6.54 Å². The molecule has 0 unspecified atom stereocenters. The van der Waals surface area contributed by atoms with Gasteiger partial charge in [0.1, 0.15) is 5.69 Å². The molecule has 0 aliphatic heterocycles. The largest absolute Gasteiger partial charge is 0.477 e. The molecule has 0 bridgehead atoms. The van der Waals surface area contributed by atoms with Crippen molar-refractivity contribution >= 4 is 16.9 Å². The predicted molar refractivity (Wildman–Crippen MR) is 62.3 cm³/mol. The molecule has 2 aromatic heterocycles. The molecule has 0 amide bonds. The van der Waals surface area contributed by atoms with E-state index in [0.717, 1.165) is 10.9 Å². The fraction of sp³-hybridized carbons (Fsp3) is 0.0833. The van der Waals surface area contributed by atoms with Crippen molar-refractivity contribution in [2.24, 2.45) is 0 Å². The molecule has 6 heteroatoms. The Bertz CT molecular complexity index is 701. The van der Waals surface area contributed by atoms with Gasteiger partial charge in [0, 0.05) is 10.9 Å². The van der Waals surface area contributed by atoms with Crippen molar-refractivity contribution in [3.63, 3.8) is 0 Å². The Kier molecular flexibility index (Phi) is 2.33. The Morgan fingerprint density at radius 2 is 2.22 bits per heavy atom. The molecule has 0 radical (unpaired) electrons. The van der Waals surface area contributed by atoms with E-state index < -0.39 is 5.97 Å². The fourth-order valence-corrected chi connectivity index (χ4v) is 1.96. The van der Waals surface area contributed by atoms with E-state index in [4.69, 9.17) is 0 Å². The number of fused-ring (bicyclic) bond motifs is 1. The third-order valence-electron chi connectivity index (χ3n) is 2.74. The maximum atomic E-state index is 11.2. The number of rotatable bonds is 3. The number of benzene rings is 1. The first-order valence-corrected chi connectivity index (χ1v) is 5.32. The summed E-state index contributed by atoms with van der Waals surface area (Å²) in [6, 6.07) is 9.10. The first kappa shape index (κ1) is 10.5. The summed E-state index contributed by atoms with van der Waals surface area (Å²) in [6.07, 6.45) is 1.22. The minimum atomic E-state index is -0.977. The average molecular weight is 243 g/mol. The van der Waals surface area contributed by atoms with Gasteiger partial charge < -0.3 is 14.2 Å². The van der Waals surface area contributed by atoms with Gasteiger partial charge in [0.25, 0.3) is 0 Å². The Balaban J connectivity index is 2.18. The summed E-state index contributed by atoms with van der Waals surface area (Å²) in [4.78, 5) is 15.1. The normalized spacial score (nSPS) is 10.9. The van der Waals surface area contributed by atoms with Gasteiger partial charge in [0.2, 0.25) is 6.39 Å². The highest BCUT2D eigenvalue weighted by Crippen LogP contribution is 2.20. The van der Waals surface area contributed by atoms with E-state index in [-0.39, 0.29) is 12.2 Å². The van der Waals surface area contributed by atoms with E-state index in [9.17, 15) is 9.90 Å². The molecule has 0 saturated carbocycles. The zero-order valence-corrected chi connectivity index (χ0v) is 9.28. The molecule has 2 heterocycles. The minimum absolute atomic E-state index is 0.209. The van der Waals surface area contributed by atoms with Gasteiger partial charge in [-0.25, -0.2) is 4.79 Å². The molecule has 0 fully saturated rings. The summed E-state index contributed by atoms with van der Waals surface area (Å²) in [7, 11) is 0. The summed E-state index contributed by atoms with van der Waals surface area (Å²) < 4.78 is 6.31. The lowest BCUT2D eigenvalue weighted by molar-refractivity contribution is 0.0686. The van der Waals surface area contributed by atoms with E-state index in [0.29, 0.717) is 5.82 Å². The lowest BCUT2D eigenvalue weighted by atomic mass is 10.2. The van der Waals surface area contributed by atoms with Crippen molar-refractivity contribution < 1.29 is 14.4 Å². The molecule has 0 spiro atoms. The Morgan fingerprint density at radius 1 is 1.39 bits per heavy atom. The molecule has 3 rings (SSSR count). The second-order valence-corrected chi connectivity index (χ2v) is 3.83. The molecule has 0 aliphatic carbocycles. The summed E-state index contributed by atoms with van der Waals surface area (Å²) in [5.74, 6) is -0.534. The van der Waals surface area contributed by atoms with Crippen molar-refractivity contribution in [3.8, 4) is 0 Å². The number of carboxylic acid groups (broad SMARTS) is 1. The highest BCUT2D eigenvalue weighted by Gasteiger charge is 2.15. The molecular weight excluding hydrogens is 234 g/mol. The van der Waals surface area contributed by atoms with Crippen LogP contribution in [0.3, 0.4) is 0 Å². The van der Waals surface area contributed by atoms with Crippen molar-refractivity contribution in [3.05, 3.63) is 48.2 Å². The molecule has 1 aromatic carbocycles. The topological polar surface area (TPSA) is 81.1 Å². The number of aromatic nitrogens is 3. The van der Waals surface area contributed by atoms with Gasteiger partial charge in [-0.1, -0.05) is 23.4 Å². The second kappa shape index (κ2) is 3.99. The van der Waals surface area contributed by atoms with E-state index in [1.807, 2.05) is 24.3 Å². The summed E-state index contributed by atoms with van der Waals surface area (Å²) in [5, 5.41) is 13.8. The van der Waals surface area contributed by atoms with Crippen LogP contribution in [0.25, 0.3) is 10.9 Å². The lowest BCUT2D eigenvalue weighted by Crippen LogP contribution is -2.10. The van der Waals surface area contributed by atoms with Crippen LogP contribution in [0.2, 0.25) is 0 Å². The maximum Gasteiger partial charge on any atom is 0.352 e. The van der Waals surface area contributed by atoms with Crippen molar-refractivity contribution in [1.29, 1.82) is 0 Å². The Labute approximate surface area is 101 Å². The third-order valence-corrected chi connectivity index (χ3v) is 2.74. The van der Waals surface area contributed by atoms with E-state index in [2.05, 4.69) is 14.7 Å². The predicted octanol–water partition coefficient (Wildman–Crippen LogP) is 1.77. The van der Waals surface area contributed by atoms with Gasteiger partial charge in [-0.05, 0) is 12.1 Å². The molecule has 6 nitrogen and oxygen atoms in total. The van der Waals surface area contributed by atoms with Gasteiger partial charge >= 0.3 is 5.97 Å². The first-order valence-electron chi connectivity index (χ1n) is 5.32. The van der Waals surface area contributed by atoms with Gasteiger partial charge in [0.05, 0.1) is 6.54 Å². The minimum Gasteiger partial charge on any atom is -0.477 e. The monoisotopic (exact) mass is 243 g/mol. The molecule has 0 aliphatic rings. The number of hydrogen-bond acceptors (Lipinski definition) is 4. The van der Waals surface area contributed by atoms with E-state index >= 15 is 0 Å². The lowest BCUT2D eigenvalue weighted by Gasteiger charge is -2.04. The van der Waals surface area contributed by atoms with Crippen LogP contribution in [0, 0.1) is 0 Å². The molecule has 90 valence electrons. The summed E-state index contributed by atoms with van der Waals surface area (Å²) in [5.41, 5.74) is 1.04. The second-order valence-electron chi connectivity index (χ2n) is 3.83. The zero-order valence-electron chi connectivity index (χ0n) is 9.28. The number of carbonyl (C=O) groups is 1. The Hall–Kier alpha value is -2.63. The number of hydrogen-bond donors (Lipinski definition) is 1. The van der Waals surface area contributed by atoms with Gasteiger partial charge in [0.15, 0.2) is 5.82 Å². The molecule has 0 saturated heterocycles. The van der Waals surface area contributed by atoms with Crippen molar-refractivity contribution in [2.75, 3.05) is 0 Å². The van der Waals surface area contributed by atoms with Gasteiger partial charge in [-0.2, -0.15) is 4.98 Å². The van der Waals surface area contributed by atoms with Crippen LogP contribution in [0.15, 0.2) is 41.2 Å². The van der Waals surface area contributed by atoms with E-state index in [1.165, 1.54) is 6.39 Å². The van der Waals surface area contributed by atoms with Crippen LogP contribution in [0.4, 0.5) is 0 Å². The van der Waals surface area contributed by atoms with Crippen LogP contribution in [0.5, 0.6) is 0 Å². The number of aromatic carboxylic acids is 1. The highest BCUT2D eigenvalue weighted by molar-refractivity contribution is 5.94. The molecule has 18 heavy (non-hydrogen) atoms. The van der Waals surface area contributed by atoms with Crippen LogP contribution < -0.4 is 0 Å². The zero-order chi connectivity index (χ0) is 12.5. The average Bonchev–Trinajstić information content (AvgIpc) is 2.98. The fourth-order valence-electron chi connectivity index (χ4n) is 1.96. The maximum absolute atomic E-state index is 11.2. The van der Waals surface area contributed by atoms with Crippen LogP contribution >= 0.6 is 0 Å². The number of para-hydroxylation sites is 1.